The van der Waals surface area contributed by atoms with Crippen molar-refractivity contribution < 1.29 is 9.47 Å². The van der Waals surface area contributed by atoms with Crippen LogP contribution in [-0.4, -0.2) is 22.1 Å². The standard InChI is InChI=1S/C25H21N3O2/c1-29-16-21-24-20-13-19(30-15-17-5-3-2-4-6-17)7-8-22(20)28-23(24)14-27-25(21)18-9-11-26-12-10-18/h2-14,28H,15-16H2,1H3. The molecule has 5 heteroatoms. The Bertz CT molecular complexity index is 1300. The monoisotopic (exact) mass is 395 g/mol. The number of hydrogen-bond donors (Lipinski definition) is 1. The lowest BCUT2D eigenvalue weighted by molar-refractivity contribution is 0.186. The van der Waals surface area contributed by atoms with Crippen molar-refractivity contribution in [1.29, 1.82) is 0 Å². The smallest absolute Gasteiger partial charge is 0.120 e. The molecule has 3 aromatic heterocycles. The summed E-state index contributed by atoms with van der Waals surface area (Å²) >= 11 is 0. The lowest BCUT2D eigenvalue weighted by Crippen LogP contribution is -1.97. The third-order valence-corrected chi connectivity index (χ3v) is 5.20. The van der Waals surface area contributed by atoms with Crippen LogP contribution in [0.25, 0.3) is 33.1 Å². The zero-order valence-electron chi connectivity index (χ0n) is 16.6. The Morgan fingerprint density at radius 3 is 2.53 bits per heavy atom. The molecule has 148 valence electrons. The molecule has 30 heavy (non-hydrogen) atoms. The molecule has 0 bridgehead atoms. The van der Waals surface area contributed by atoms with Crippen molar-refractivity contribution in [1.82, 2.24) is 15.0 Å². The van der Waals surface area contributed by atoms with Crippen LogP contribution in [0.1, 0.15) is 11.1 Å². The summed E-state index contributed by atoms with van der Waals surface area (Å²) in [6.45, 7) is 0.994. The van der Waals surface area contributed by atoms with Crippen LogP contribution in [0.4, 0.5) is 0 Å². The molecule has 0 spiro atoms. The predicted octanol–water partition coefficient (Wildman–Crippen LogP) is 5.50. The van der Waals surface area contributed by atoms with Gasteiger partial charge in [0.25, 0.3) is 0 Å². The Morgan fingerprint density at radius 2 is 1.73 bits per heavy atom. The van der Waals surface area contributed by atoms with Gasteiger partial charge in [-0.2, -0.15) is 0 Å². The molecule has 1 N–H and O–H groups in total. The van der Waals surface area contributed by atoms with E-state index in [2.05, 4.69) is 34.2 Å². The van der Waals surface area contributed by atoms with Crippen molar-refractivity contribution in [3.05, 3.63) is 90.4 Å². The molecule has 0 unspecified atom stereocenters. The van der Waals surface area contributed by atoms with E-state index in [1.165, 1.54) is 0 Å². The molecular weight excluding hydrogens is 374 g/mol. The molecule has 0 atom stereocenters. The van der Waals surface area contributed by atoms with E-state index in [-0.39, 0.29) is 0 Å². The van der Waals surface area contributed by atoms with Crippen LogP contribution in [0.15, 0.2) is 79.3 Å². The molecule has 0 saturated carbocycles. The second kappa shape index (κ2) is 7.97. The van der Waals surface area contributed by atoms with Crippen LogP contribution in [0.3, 0.4) is 0 Å². The van der Waals surface area contributed by atoms with Crippen LogP contribution < -0.4 is 4.74 Å². The Labute approximate surface area is 174 Å². The highest BCUT2D eigenvalue weighted by atomic mass is 16.5. The Hall–Kier alpha value is -3.70. The number of aromatic nitrogens is 3. The predicted molar refractivity (Wildman–Crippen MR) is 118 cm³/mol. The Morgan fingerprint density at radius 1 is 0.900 bits per heavy atom. The number of ether oxygens (including phenoxy) is 2. The first-order valence-electron chi connectivity index (χ1n) is 9.83. The lowest BCUT2D eigenvalue weighted by Gasteiger charge is -2.11. The van der Waals surface area contributed by atoms with Gasteiger partial charge < -0.3 is 14.5 Å². The van der Waals surface area contributed by atoms with E-state index in [1.54, 1.807) is 19.5 Å². The van der Waals surface area contributed by atoms with E-state index >= 15 is 0 Å². The molecule has 0 aliphatic rings. The van der Waals surface area contributed by atoms with E-state index in [4.69, 9.17) is 14.5 Å². The lowest BCUT2D eigenvalue weighted by atomic mass is 10.0. The fraction of sp³-hybridized carbons (Fsp3) is 0.120. The van der Waals surface area contributed by atoms with Crippen LogP contribution in [0.5, 0.6) is 5.75 Å². The van der Waals surface area contributed by atoms with Gasteiger partial charge in [-0.05, 0) is 35.9 Å². The van der Waals surface area contributed by atoms with Crippen molar-refractivity contribution in [3.63, 3.8) is 0 Å². The van der Waals surface area contributed by atoms with Gasteiger partial charge in [0.15, 0.2) is 0 Å². The van der Waals surface area contributed by atoms with E-state index in [9.17, 15) is 0 Å². The molecule has 5 rings (SSSR count). The summed E-state index contributed by atoms with van der Waals surface area (Å²) in [4.78, 5) is 12.3. The number of pyridine rings is 2. The third-order valence-electron chi connectivity index (χ3n) is 5.20. The first kappa shape index (κ1) is 18.3. The van der Waals surface area contributed by atoms with Crippen molar-refractivity contribution in [2.45, 2.75) is 13.2 Å². The normalized spacial score (nSPS) is 11.2. The van der Waals surface area contributed by atoms with Crippen molar-refractivity contribution in [2.75, 3.05) is 7.11 Å². The van der Waals surface area contributed by atoms with Crippen LogP contribution in [-0.2, 0) is 18.0 Å². The SMILES string of the molecule is COCc1c(-c2ccncc2)ncc2[nH]c3ccc(OCc4ccccc4)cc3c12. The van der Waals surface area contributed by atoms with Crippen LogP contribution in [0, 0.1) is 0 Å². The average Bonchev–Trinajstić information content (AvgIpc) is 3.17. The van der Waals surface area contributed by atoms with Gasteiger partial charge in [0.1, 0.15) is 12.4 Å². The van der Waals surface area contributed by atoms with E-state index in [1.807, 2.05) is 42.6 Å². The van der Waals surface area contributed by atoms with Crippen LogP contribution >= 0.6 is 0 Å². The summed E-state index contributed by atoms with van der Waals surface area (Å²) < 4.78 is 11.6. The molecule has 0 amide bonds. The Balaban J connectivity index is 1.62. The van der Waals surface area contributed by atoms with Gasteiger partial charge >= 0.3 is 0 Å². The molecule has 0 aliphatic heterocycles. The molecule has 5 aromatic rings. The highest BCUT2D eigenvalue weighted by Gasteiger charge is 2.16. The topological polar surface area (TPSA) is 60.0 Å². The van der Waals surface area contributed by atoms with Gasteiger partial charge in [0.2, 0.25) is 0 Å². The fourth-order valence-electron chi connectivity index (χ4n) is 3.81. The molecule has 0 radical (unpaired) electrons. The molecule has 0 aliphatic carbocycles. The number of hydrogen-bond acceptors (Lipinski definition) is 4. The molecule has 2 aromatic carbocycles. The highest BCUT2D eigenvalue weighted by Crippen LogP contribution is 2.35. The van der Waals surface area contributed by atoms with Gasteiger partial charge in [-0.15, -0.1) is 0 Å². The van der Waals surface area contributed by atoms with Crippen molar-refractivity contribution in [2.24, 2.45) is 0 Å². The summed E-state index contributed by atoms with van der Waals surface area (Å²) in [6.07, 6.45) is 5.44. The number of fused-ring (bicyclic) bond motifs is 3. The maximum absolute atomic E-state index is 6.06. The van der Waals surface area contributed by atoms with Gasteiger partial charge in [0.05, 0.1) is 24.0 Å². The van der Waals surface area contributed by atoms with E-state index in [0.29, 0.717) is 13.2 Å². The average molecular weight is 395 g/mol. The summed E-state index contributed by atoms with van der Waals surface area (Å²) in [6, 6.07) is 20.2. The summed E-state index contributed by atoms with van der Waals surface area (Å²) in [7, 11) is 1.71. The van der Waals surface area contributed by atoms with Crippen LogP contribution in [0.2, 0.25) is 0 Å². The van der Waals surface area contributed by atoms with E-state index in [0.717, 1.165) is 49.9 Å². The number of methoxy groups -OCH3 is 1. The van der Waals surface area contributed by atoms with Gasteiger partial charge in [-0.3, -0.25) is 9.97 Å². The molecule has 5 nitrogen and oxygen atoms in total. The first-order valence-corrected chi connectivity index (χ1v) is 9.83. The fourth-order valence-corrected chi connectivity index (χ4v) is 3.81. The largest absolute Gasteiger partial charge is 0.489 e. The minimum absolute atomic E-state index is 0.462. The quantitative estimate of drug-likeness (QED) is 0.412. The van der Waals surface area contributed by atoms with E-state index < -0.39 is 0 Å². The second-order valence-corrected chi connectivity index (χ2v) is 7.15. The van der Waals surface area contributed by atoms with Crippen molar-refractivity contribution >= 4 is 21.8 Å². The zero-order chi connectivity index (χ0) is 20.3. The zero-order valence-corrected chi connectivity index (χ0v) is 16.6. The maximum Gasteiger partial charge on any atom is 0.120 e. The highest BCUT2D eigenvalue weighted by molar-refractivity contribution is 6.10. The van der Waals surface area contributed by atoms with Gasteiger partial charge in [0, 0.05) is 46.9 Å². The summed E-state index contributed by atoms with van der Waals surface area (Å²) in [5, 5.41) is 2.21. The summed E-state index contributed by atoms with van der Waals surface area (Å²) in [5.41, 5.74) is 6.14. The minimum atomic E-state index is 0.462. The number of rotatable bonds is 6. The summed E-state index contributed by atoms with van der Waals surface area (Å²) in [5.74, 6) is 0.831. The number of nitrogens with zero attached hydrogens (tertiary/aromatic N) is 2. The van der Waals surface area contributed by atoms with Gasteiger partial charge in [-0.1, -0.05) is 30.3 Å². The third kappa shape index (κ3) is 3.40. The molecule has 0 fully saturated rings. The maximum atomic E-state index is 6.06. The molecular formula is C25H21N3O2. The minimum Gasteiger partial charge on any atom is -0.489 e. The van der Waals surface area contributed by atoms with Crippen molar-refractivity contribution in [3.8, 4) is 17.0 Å². The number of aromatic amines is 1. The second-order valence-electron chi connectivity index (χ2n) is 7.15. The molecule has 0 saturated heterocycles. The Kier molecular flexibility index (Phi) is 4.87. The number of nitrogens with one attached hydrogen (secondary N) is 1. The van der Waals surface area contributed by atoms with Gasteiger partial charge in [-0.25, -0.2) is 0 Å². The molecule has 3 heterocycles. The first-order chi connectivity index (χ1) is 14.8. The number of benzene rings is 2. The number of H-pyrrole nitrogens is 1.